The maximum Gasteiger partial charge on any atom is 0.235 e. The van der Waals surface area contributed by atoms with Crippen LogP contribution in [0.25, 0.3) is 11.4 Å². The normalized spacial score (nSPS) is 12.0. The molecule has 5 nitrogen and oxygen atoms in total. The zero-order chi connectivity index (χ0) is 21.0. The number of hydrogen-bond acceptors (Lipinski definition) is 4. The summed E-state index contributed by atoms with van der Waals surface area (Å²) in [5.41, 5.74) is 2.93. The molecule has 0 saturated heterocycles. The van der Waals surface area contributed by atoms with Crippen molar-refractivity contribution in [3.63, 3.8) is 0 Å². The van der Waals surface area contributed by atoms with Crippen molar-refractivity contribution in [3.05, 3.63) is 65.5 Å². The highest BCUT2D eigenvalue weighted by atomic mass is 32.2. The van der Waals surface area contributed by atoms with Gasteiger partial charge in [0.2, 0.25) is 5.91 Å². The first-order valence-electron chi connectivity index (χ1n) is 9.55. The van der Waals surface area contributed by atoms with Crippen LogP contribution in [0.15, 0.2) is 53.7 Å². The quantitative estimate of drug-likeness (QED) is 0.534. The van der Waals surface area contributed by atoms with Gasteiger partial charge in [0.25, 0.3) is 0 Å². The lowest BCUT2D eigenvalue weighted by atomic mass is 10.1. The Bertz CT molecular complexity index is 1000. The van der Waals surface area contributed by atoms with Crippen LogP contribution in [0.5, 0.6) is 0 Å². The molecule has 2 aromatic carbocycles. The lowest BCUT2D eigenvalue weighted by Gasteiger charge is -2.21. The van der Waals surface area contributed by atoms with Gasteiger partial charge in [-0.15, -0.1) is 10.2 Å². The van der Waals surface area contributed by atoms with E-state index in [1.54, 1.807) is 18.0 Å². The third kappa shape index (κ3) is 5.03. The lowest BCUT2D eigenvalue weighted by Crippen LogP contribution is -2.33. The molecule has 0 aliphatic rings. The highest BCUT2D eigenvalue weighted by Gasteiger charge is 2.23. The molecule has 152 valence electrons. The number of hydrogen-bond donors (Lipinski definition) is 0. The van der Waals surface area contributed by atoms with Crippen molar-refractivity contribution in [2.24, 2.45) is 0 Å². The average Bonchev–Trinajstić information content (AvgIpc) is 3.09. The Balaban J connectivity index is 1.73. The Morgan fingerprint density at radius 2 is 1.97 bits per heavy atom. The highest BCUT2D eigenvalue weighted by molar-refractivity contribution is 8.00. The zero-order valence-electron chi connectivity index (χ0n) is 17.1. The maximum atomic E-state index is 13.4. The molecular formula is C22H25FN4OS. The predicted octanol–water partition coefficient (Wildman–Crippen LogP) is 4.55. The van der Waals surface area contributed by atoms with E-state index in [-0.39, 0.29) is 17.0 Å². The van der Waals surface area contributed by atoms with Crippen molar-refractivity contribution in [1.82, 2.24) is 19.7 Å². The molecule has 0 radical (unpaired) electrons. The monoisotopic (exact) mass is 412 g/mol. The smallest absolute Gasteiger partial charge is 0.235 e. The van der Waals surface area contributed by atoms with E-state index in [1.807, 2.05) is 49.6 Å². The van der Waals surface area contributed by atoms with Crippen LogP contribution in [-0.2, 0) is 17.9 Å². The number of thioether (sulfide) groups is 1. The van der Waals surface area contributed by atoms with Crippen molar-refractivity contribution in [3.8, 4) is 11.4 Å². The minimum atomic E-state index is -0.339. The van der Waals surface area contributed by atoms with E-state index in [9.17, 15) is 9.18 Å². The van der Waals surface area contributed by atoms with E-state index in [4.69, 9.17) is 0 Å². The number of carbonyl (C=O) groups is 1. The first-order chi connectivity index (χ1) is 13.9. The molecule has 0 aliphatic heterocycles. The van der Waals surface area contributed by atoms with Gasteiger partial charge in [-0.2, -0.15) is 0 Å². The number of amides is 1. The van der Waals surface area contributed by atoms with Crippen LogP contribution >= 0.6 is 11.8 Å². The molecule has 0 aliphatic carbocycles. The second kappa shape index (κ2) is 9.22. The number of carbonyl (C=O) groups excluding carboxylic acids is 1. The molecule has 0 saturated carbocycles. The minimum Gasteiger partial charge on any atom is -0.340 e. The van der Waals surface area contributed by atoms with Gasteiger partial charge in [-0.25, -0.2) is 4.39 Å². The van der Waals surface area contributed by atoms with Gasteiger partial charge in [-0.3, -0.25) is 4.79 Å². The van der Waals surface area contributed by atoms with E-state index >= 15 is 0 Å². The highest BCUT2D eigenvalue weighted by Crippen LogP contribution is 2.28. The Morgan fingerprint density at radius 3 is 2.66 bits per heavy atom. The molecule has 3 aromatic rings. The summed E-state index contributed by atoms with van der Waals surface area (Å²) in [5.74, 6) is 0.457. The second-order valence-electron chi connectivity index (χ2n) is 7.00. The van der Waals surface area contributed by atoms with Gasteiger partial charge in [-0.1, -0.05) is 47.7 Å². The Labute approximate surface area is 175 Å². The Morgan fingerprint density at radius 1 is 1.21 bits per heavy atom. The van der Waals surface area contributed by atoms with Crippen LogP contribution in [0.2, 0.25) is 0 Å². The third-order valence-electron chi connectivity index (χ3n) is 4.62. The molecule has 7 heteroatoms. The molecule has 1 heterocycles. The van der Waals surface area contributed by atoms with E-state index < -0.39 is 0 Å². The summed E-state index contributed by atoms with van der Waals surface area (Å²) >= 11 is 1.39. The maximum absolute atomic E-state index is 13.4. The number of benzene rings is 2. The van der Waals surface area contributed by atoms with Gasteiger partial charge in [0.1, 0.15) is 5.82 Å². The third-order valence-corrected chi connectivity index (χ3v) is 5.69. The van der Waals surface area contributed by atoms with Crippen molar-refractivity contribution < 1.29 is 9.18 Å². The molecule has 0 spiro atoms. The average molecular weight is 413 g/mol. The van der Waals surface area contributed by atoms with Crippen LogP contribution < -0.4 is 0 Å². The van der Waals surface area contributed by atoms with Gasteiger partial charge in [-0.05, 0) is 44.5 Å². The topological polar surface area (TPSA) is 51.0 Å². The number of rotatable bonds is 7. The Hall–Kier alpha value is -2.67. The largest absolute Gasteiger partial charge is 0.340 e. The van der Waals surface area contributed by atoms with Crippen LogP contribution in [-0.4, -0.2) is 37.9 Å². The summed E-state index contributed by atoms with van der Waals surface area (Å²) in [5, 5.41) is 9.06. The first kappa shape index (κ1) is 21.0. The fourth-order valence-corrected chi connectivity index (χ4v) is 4.19. The summed E-state index contributed by atoms with van der Waals surface area (Å²) in [6.07, 6.45) is 0. The molecule has 1 unspecified atom stereocenters. The molecule has 3 rings (SSSR count). The number of halogens is 1. The van der Waals surface area contributed by atoms with E-state index in [1.165, 1.54) is 23.9 Å². The Kier molecular flexibility index (Phi) is 6.69. The summed E-state index contributed by atoms with van der Waals surface area (Å²) in [6, 6.07) is 14.4. The molecule has 1 atom stereocenters. The van der Waals surface area contributed by atoms with Crippen LogP contribution in [0.3, 0.4) is 0 Å². The fourth-order valence-electron chi connectivity index (χ4n) is 3.16. The summed E-state index contributed by atoms with van der Waals surface area (Å²) in [4.78, 5) is 14.4. The van der Waals surface area contributed by atoms with Crippen LogP contribution in [0.4, 0.5) is 4.39 Å². The fraction of sp³-hybridized carbons (Fsp3) is 0.318. The van der Waals surface area contributed by atoms with E-state index in [0.29, 0.717) is 18.2 Å². The lowest BCUT2D eigenvalue weighted by molar-refractivity contribution is -0.129. The standard InChI is InChI=1S/C22H25FN4OS/c1-5-27-20(18-10-6-8-15(2)12-18)24-25-22(27)29-16(3)21(28)26(4)14-17-9-7-11-19(23)13-17/h6-13,16H,5,14H2,1-4H3. The molecular weight excluding hydrogens is 387 g/mol. The zero-order valence-corrected chi connectivity index (χ0v) is 17.9. The van der Waals surface area contributed by atoms with E-state index in [2.05, 4.69) is 16.3 Å². The van der Waals surface area contributed by atoms with Crippen molar-refractivity contribution in [2.45, 2.75) is 44.3 Å². The van der Waals surface area contributed by atoms with E-state index in [0.717, 1.165) is 22.5 Å². The molecule has 0 bridgehead atoms. The van der Waals surface area contributed by atoms with Gasteiger partial charge in [0.15, 0.2) is 11.0 Å². The van der Waals surface area contributed by atoms with Gasteiger partial charge in [0, 0.05) is 25.7 Å². The van der Waals surface area contributed by atoms with Gasteiger partial charge in [0.05, 0.1) is 5.25 Å². The van der Waals surface area contributed by atoms with Gasteiger partial charge >= 0.3 is 0 Å². The number of aromatic nitrogens is 3. The van der Waals surface area contributed by atoms with Gasteiger partial charge < -0.3 is 9.47 Å². The SMILES string of the molecule is CCn1c(SC(C)C(=O)N(C)Cc2cccc(F)c2)nnc1-c1cccc(C)c1. The number of nitrogens with zero attached hydrogens (tertiary/aromatic N) is 4. The molecule has 29 heavy (non-hydrogen) atoms. The summed E-state index contributed by atoms with van der Waals surface area (Å²) in [6.45, 7) is 7.00. The number of aryl methyl sites for hydroxylation is 1. The van der Waals surface area contributed by atoms with Crippen LogP contribution in [0, 0.1) is 12.7 Å². The predicted molar refractivity (Wildman–Crippen MR) is 114 cm³/mol. The van der Waals surface area contributed by atoms with Crippen molar-refractivity contribution >= 4 is 17.7 Å². The molecule has 1 amide bonds. The molecule has 0 N–H and O–H groups in total. The van der Waals surface area contributed by atoms with Crippen LogP contribution in [0.1, 0.15) is 25.0 Å². The van der Waals surface area contributed by atoms with Crippen molar-refractivity contribution in [1.29, 1.82) is 0 Å². The summed E-state index contributed by atoms with van der Waals surface area (Å²) < 4.78 is 15.4. The molecule has 1 aromatic heterocycles. The minimum absolute atomic E-state index is 0.0398. The van der Waals surface area contributed by atoms with Crippen molar-refractivity contribution in [2.75, 3.05) is 7.05 Å². The first-order valence-corrected chi connectivity index (χ1v) is 10.4. The molecule has 0 fully saturated rings. The second-order valence-corrected chi connectivity index (χ2v) is 8.31. The summed E-state index contributed by atoms with van der Waals surface area (Å²) in [7, 11) is 1.73.